The second-order valence-corrected chi connectivity index (χ2v) is 6.23. The van der Waals surface area contributed by atoms with Crippen LogP contribution in [0.4, 0.5) is 0 Å². The molecule has 1 amide bonds. The molecule has 3 nitrogen and oxygen atoms in total. The van der Waals surface area contributed by atoms with Crippen LogP contribution in [0.5, 0.6) is 0 Å². The minimum absolute atomic E-state index is 0.174. The Labute approximate surface area is 135 Å². The molecule has 1 saturated heterocycles. The normalized spacial score (nSPS) is 15.5. The van der Waals surface area contributed by atoms with Crippen molar-refractivity contribution in [3.05, 3.63) is 60.4 Å². The van der Waals surface area contributed by atoms with Crippen LogP contribution in [0, 0.1) is 0 Å². The van der Waals surface area contributed by atoms with Crippen molar-refractivity contribution in [2.75, 3.05) is 13.1 Å². The van der Waals surface area contributed by atoms with Gasteiger partial charge in [-0.1, -0.05) is 42.5 Å². The first-order chi connectivity index (χ1) is 11.2. The van der Waals surface area contributed by atoms with Gasteiger partial charge in [0.1, 0.15) is 5.58 Å². The Hall–Kier alpha value is -2.55. The lowest BCUT2D eigenvalue weighted by molar-refractivity contribution is -0.130. The van der Waals surface area contributed by atoms with Crippen molar-refractivity contribution in [2.24, 2.45) is 0 Å². The molecule has 1 aliphatic heterocycles. The molecule has 1 aromatic heterocycles. The summed E-state index contributed by atoms with van der Waals surface area (Å²) in [6, 6.07) is 12.3. The highest BCUT2D eigenvalue weighted by atomic mass is 16.3. The average Bonchev–Trinajstić information content (AvgIpc) is 2.99. The number of hydrogen-bond acceptors (Lipinski definition) is 2. The summed E-state index contributed by atoms with van der Waals surface area (Å²) in [6.45, 7) is 5.58. The summed E-state index contributed by atoms with van der Waals surface area (Å²) in [5, 5.41) is 3.39. The van der Waals surface area contributed by atoms with Crippen LogP contribution < -0.4 is 0 Å². The van der Waals surface area contributed by atoms with Gasteiger partial charge in [-0.15, -0.1) is 0 Å². The van der Waals surface area contributed by atoms with Crippen molar-refractivity contribution in [3.8, 4) is 0 Å². The van der Waals surface area contributed by atoms with Crippen molar-refractivity contribution in [1.29, 1.82) is 0 Å². The minimum Gasteiger partial charge on any atom is -0.464 e. The number of benzene rings is 2. The predicted molar refractivity (Wildman–Crippen MR) is 92.4 cm³/mol. The van der Waals surface area contributed by atoms with E-state index in [0.29, 0.717) is 6.42 Å². The summed E-state index contributed by atoms with van der Waals surface area (Å²) >= 11 is 0. The maximum absolute atomic E-state index is 12.6. The molecule has 2 aromatic carbocycles. The van der Waals surface area contributed by atoms with Gasteiger partial charge in [-0.25, -0.2) is 0 Å². The van der Waals surface area contributed by atoms with E-state index in [1.807, 2.05) is 23.1 Å². The first-order valence-electron chi connectivity index (χ1n) is 8.04. The lowest BCUT2D eigenvalue weighted by Crippen LogP contribution is -2.37. The zero-order valence-electron chi connectivity index (χ0n) is 13.0. The van der Waals surface area contributed by atoms with Gasteiger partial charge in [0.15, 0.2) is 0 Å². The zero-order chi connectivity index (χ0) is 15.8. The van der Waals surface area contributed by atoms with Crippen molar-refractivity contribution in [2.45, 2.75) is 19.3 Å². The highest BCUT2D eigenvalue weighted by Gasteiger charge is 2.20. The fraction of sp³-hybridized carbons (Fsp3) is 0.250. The van der Waals surface area contributed by atoms with Gasteiger partial charge in [-0.2, -0.15) is 0 Å². The highest BCUT2D eigenvalue weighted by molar-refractivity contribution is 6.08. The standard InChI is InChI=1S/C20H19NO2/c1-14-8-10-21(11-9-14)19(22)12-16-13-23-18-7-6-15-4-2-3-5-17(15)20(16)18/h2-7,13H,1,8-12H2. The number of carbonyl (C=O) groups is 1. The van der Waals surface area contributed by atoms with E-state index < -0.39 is 0 Å². The molecule has 0 saturated carbocycles. The maximum atomic E-state index is 12.6. The molecule has 0 radical (unpaired) electrons. The maximum Gasteiger partial charge on any atom is 0.227 e. The largest absolute Gasteiger partial charge is 0.464 e. The third-order valence-electron chi connectivity index (χ3n) is 4.70. The number of furan rings is 1. The Balaban J connectivity index is 1.68. The summed E-state index contributed by atoms with van der Waals surface area (Å²) in [4.78, 5) is 14.5. The van der Waals surface area contributed by atoms with E-state index in [1.165, 1.54) is 11.0 Å². The van der Waals surface area contributed by atoms with Crippen LogP contribution >= 0.6 is 0 Å². The van der Waals surface area contributed by atoms with Crippen LogP contribution in [-0.2, 0) is 11.2 Å². The molecule has 3 heteroatoms. The molecule has 0 unspecified atom stereocenters. The molecule has 0 N–H and O–H groups in total. The number of piperidine rings is 1. The van der Waals surface area contributed by atoms with Gasteiger partial charge in [0.25, 0.3) is 0 Å². The average molecular weight is 305 g/mol. The minimum atomic E-state index is 0.174. The van der Waals surface area contributed by atoms with E-state index in [2.05, 4.69) is 24.8 Å². The van der Waals surface area contributed by atoms with E-state index in [0.717, 1.165) is 47.9 Å². The molecule has 2 heterocycles. The smallest absolute Gasteiger partial charge is 0.227 e. The Morgan fingerprint density at radius 2 is 1.91 bits per heavy atom. The molecule has 1 fully saturated rings. The van der Waals surface area contributed by atoms with Crippen LogP contribution in [0.2, 0.25) is 0 Å². The molecule has 0 aliphatic carbocycles. The summed E-state index contributed by atoms with van der Waals surface area (Å²) in [5.74, 6) is 0.174. The van der Waals surface area contributed by atoms with Crippen molar-refractivity contribution >= 4 is 27.6 Å². The van der Waals surface area contributed by atoms with Crippen molar-refractivity contribution in [3.63, 3.8) is 0 Å². The number of nitrogens with zero attached hydrogens (tertiary/aromatic N) is 1. The summed E-state index contributed by atoms with van der Waals surface area (Å²) in [6.07, 6.45) is 3.97. The molecule has 4 rings (SSSR count). The van der Waals surface area contributed by atoms with Gasteiger partial charge >= 0.3 is 0 Å². The molecule has 116 valence electrons. The summed E-state index contributed by atoms with van der Waals surface area (Å²) in [5.41, 5.74) is 3.07. The number of hydrogen-bond donors (Lipinski definition) is 0. The van der Waals surface area contributed by atoms with Gasteiger partial charge in [-0.05, 0) is 29.7 Å². The third-order valence-corrected chi connectivity index (χ3v) is 4.70. The monoisotopic (exact) mass is 305 g/mol. The predicted octanol–water partition coefficient (Wildman–Crippen LogP) is 4.31. The lowest BCUT2D eigenvalue weighted by atomic mass is 10.0. The molecular weight excluding hydrogens is 286 g/mol. The molecule has 0 bridgehead atoms. The van der Waals surface area contributed by atoms with Crippen LogP contribution in [0.3, 0.4) is 0 Å². The molecule has 0 atom stereocenters. The van der Waals surface area contributed by atoms with Crippen LogP contribution in [0.1, 0.15) is 18.4 Å². The Kier molecular flexibility index (Phi) is 3.41. The van der Waals surface area contributed by atoms with E-state index >= 15 is 0 Å². The van der Waals surface area contributed by atoms with Crippen LogP contribution in [-0.4, -0.2) is 23.9 Å². The SMILES string of the molecule is C=C1CCN(C(=O)Cc2coc3ccc4ccccc4c23)CC1. The number of amides is 1. The molecular formula is C20H19NO2. The summed E-state index contributed by atoms with van der Waals surface area (Å²) < 4.78 is 5.68. The second-order valence-electron chi connectivity index (χ2n) is 6.23. The Morgan fingerprint density at radius 1 is 1.13 bits per heavy atom. The first-order valence-corrected chi connectivity index (χ1v) is 8.04. The number of rotatable bonds is 2. The molecule has 1 aliphatic rings. The Morgan fingerprint density at radius 3 is 2.74 bits per heavy atom. The number of carbonyl (C=O) groups excluding carboxylic acids is 1. The van der Waals surface area contributed by atoms with Crippen molar-refractivity contribution in [1.82, 2.24) is 4.90 Å². The van der Waals surface area contributed by atoms with Gasteiger partial charge in [0, 0.05) is 24.0 Å². The van der Waals surface area contributed by atoms with Gasteiger partial charge in [0.05, 0.1) is 12.7 Å². The number of likely N-dealkylation sites (tertiary alicyclic amines) is 1. The van der Waals surface area contributed by atoms with Crippen LogP contribution in [0.15, 0.2) is 59.2 Å². The van der Waals surface area contributed by atoms with Crippen molar-refractivity contribution < 1.29 is 9.21 Å². The van der Waals surface area contributed by atoms with Gasteiger partial charge in [-0.3, -0.25) is 4.79 Å². The third kappa shape index (κ3) is 2.52. The summed E-state index contributed by atoms with van der Waals surface area (Å²) in [7, 11) is 0. The first kappa shape index (κ1) is 14.1. The van der Waals surface area contributed by atoms with E-state index in [-0.39, 0.29) is 5.91 Å². The lowest BCUT2D eigenvalue weighted by Gasteiger charge is -2.28. The fourth-order valence-corrected chi connectivity index (χ4v) is 3.35. The Bertz CT molecular complexity index is 896. The second kappa shape index (κ2) is 5.58. The quantitative estimate of drug-likeness (QED) is 0.661. The van der Waals surface area contributed by atoms with E-state index in [4.69, 9.17) is 4.42 Å². The fourth-order valence-electron chi connectivity index (χ4n) is 3.35. The molecule has 23 heavy (non-hydrogen) atoms. The molecule has 3 aromatic rings. The van der Waals surface area contributed by atoms with Gasteiger partial charge < -0.3 is 9.32 Å². The van der Waals surface area contributed by atoms with Gasteiger partial charge in [0.2, 0.25) is 5.91 Å². The van der Waals surface area contributed by atoms with E-state index in [9.17, 15) is 4.79 Å². The van der Waals surface area contributed by atoms with E-state index in [1.54, 1.807) is 6.26 Å². The zero-order valence-corrected chi connectivity index (χ0v) is 13.0. The highest BCUT2D eigenvalue weighted by Crippen LogP contribution is 2.30. The van der Waals surface area contributed by atoms with Crippen LogP contribution in [0.25, 0.3) is 21.7 Å². The molecule has 0 spiro atoms. The topological polar surface area (TPSA) is 33.5 Å². The number of fused-ring (bicyclic) bond motifs is 3.